The number of hydrogen-bond donors (Lipinski definition) is 0. The van der Waals surface area contributed by atoms with Crippen LogP contribution < -0.4 is 14.2 Å². The van der Waals surface area contributed by atoms with Crippen molar-refractivity contribution < 1.29 is 19.0 Å². The van der Waals surface area contributed by atoms with Crippen LogP contribution in [0.5, 0.6) is 17.2 Å². The van der Waals surface area contributed by atoms with E-state index < -0.39 is 5.97 Å². The molecule has 0 saturated heterocycles. The Hall–Kier alpha value is -4.13. The van der Waals surface area contributed by atoms with Crippen molar-refractivity contribution in [2.45, 2.75) is 0 Å². The molecule has 0 unspecified atom stereocenters. The number of esters is 1. The summed E-state index contributed by atoms with van der Waals surface area (Å²) in [4.78, 5) is 17.2. The first-order valence-electron chi connectivity index (χ1n) is 9.48. The van der Waals surface area contributed by atoms with Crippen LogP contribution in [0, 0.1) is 0 Å². The molecule has 0 fully saturated rings. The fourth-order valence-corrected chi connectivity index (χ4v) is 3.16. The number of fused-ring (bicyclic) bond motifs is 1. The van der Waals surface area contributed by atoms with Crippen LogP contribution in [0.1, 0.15) is 10.6 Å². The fourth-order valence-electron chi connectivity index (χ4n) is 3.16. The fraction of sp³-hybridized carbons (Fsp3) is 0.0870. The standard InChI is InChI=1S/C23H17N3O4/c27-23(30-18-11-12-19-20(15-18)29-14-13-28-19)21-24-22(16-7-3-1-4-8-16)26(25-21)17-9-5-2-6-10-17/h1-12,15H,13-14H2. The van der Waals surface area contributed by atoms with Crippen molar-refractivity contribution in [3.63, 3.8) is 0 Å². The predicted molar refractivity (Wildman–Crippen MR) is 109 cm³/mol. The monoisotopic (exact) mass is 399 g/mol. The molecule has 0 radical (unpaired) electrons. The zero-order chi connectivity index (χ0) is 20.3. The Morgan fingerprint density at radius 3 is 2.33 bits per heavy atom. The third kappa shape index (κ3) is 3.48. The van der Waals surface area contributed by atoms with E-state index in [1.165, 1.54) is 0 Å². The lowest BCUT2D eigenvalue weighted by atomic mass is 10.2. The minimum atomic E-state index is -0.654. The molecule has 30 heavy (non-hydrogen) atoms. The Morgan fingerprint density at radius 1 is 0.867 bits per heavy atom. The van der Waals surface area contributed by atoms with Gasteiger partial charge in [0.2, 0.25) is 0 Å². The second-order valence-electron chi connectivity index (χ2n) is 6.57. The average Bonchev–Trinajstić information content (AvgIpc) is 3.26. The van der Waals surface area contributed by atoms with Crippen LogP contribution in [-0.2, 0) is 0 Å². The molecule has 5 rings (SSSR count). The molecule has 4 aromatic rings. The summed E-state index contributed by atoms with van der Waals surface area (Å²) in [7, 11) is 0. The van der Waals surface area contributed by atoms with E-state index in [4.69, 9.17) is 14.2 Å². The molecular formula is C23H17N3O4. The van der Waals surface area contributed by atoms with E-state index in [0.717, 1.165) is 11.3 Å². The summed E-state index contributed by atoms with van der Waals surface area (Å²) < 4.78 is 18.2. The van der Waals surface area contributed by atoms with Crippen molar-refractivity contribution in [2.24, 2.45) is 0 Å². The van der Waals surface area contributed by atoms with E-state index in [1.54, 1.807) is 22.9 Å². The summed E-state index contributed by atoms with van der Waals surface area (Å²) in [5, 5.41) is 4.42. The maximum absolute atomic E-state index is 12.8. The summed E-state index contributed by atoms with van der Waals surface area (Å²) in [6.45, 7) is 0.948. The van der Waals surface area contributed by atoms with Gasteiger partial charge in [0.05, 0.1) is 5.69 Å². The number of benzene rings is 3. The van der Waals surface area contributed by atoms with Crippen molar-refractivity contribution in [1.29, 1.82) is 0 Å². The highest BCUT2D eigenvalue weighted by Gasteiger charge is 2.21. The lowest BCUT2D eigenvalue weighted by molar-refractivity contribution is 0.0720. The predicted octanol–water partition coefficient (Wildman–Crippen LogP) is 3.92. The van der Waals surface area contributed by atoms with Crippen LogP contribution >= 0.6 is 0 Å². The molecule has 7 heteroatoms. The van der Waals surface area contributed by atoms with Crippen LogP contribution in [0.3, 0.4) is 0 Å². The minimum absolute atomic E-state index is 0.0346. The number of para-hydroxylation sites is 1. The number of rotatable bonds is 4. The van der Waals surface area contributed by atoms with Gasteiger partial charge in [-0.2, -0.15) is 0 Å². The smallest absolute Gasteiger partial charge is 0.383 e. The van der Waals surface area contributed by atoms with Gasteiger partial charge in [0.1, 0.15) is 19.0 Å². The lowest BCUT2D eigenvalue weighted by Gasteiger charge is -2.18. The van der Waals surface area contributed by atoms with Crippen molar-refractivity contribution in [1.82, 2.24) is 14.8 Å². The molecule has 148 valence electrons. The Kier molecular flexibility index (Phi) is 4.61. The molecule has 0 atom stereocenters. The van der Waals surface area contributed by atoms with Gasteiger partial charge in [0, 0.05) is 11.6 Å². The highest BCUT2D eigenvalue weighted by Crippen LogP contribution is 2.33. The number of aromatic nitrogens is 3. The first-order chi connectivity index (χ1) is 14.8. The molecule has 1 aliphatic heterocycles. The minimum Gasteiger partial charge on any atom is -0.486 e. The Morgan fingerprint density at radius 2 is 1.57 bits per heavy atom. The summed E-state index contributed by atoms with van der Waals surface area (Å²) in [6, 6.07) is 24.1. The zero-order valence-corrected chi connectivity index (χ0v) is 15.9. The molecule has 7 nitrogen and oxygen atoms in total. The Balaban J connectivity index is 1.48. The van der Waals surface area contributed by atoms with Gasteiger partial charge in [0.25, 0.3) is 5.82 Å². The van der Waals surface area contributed by atoms with Gasteiger partial charge in [-0.25, -0.2) is 14.5 Å². The maximum atomic E-state index is 12.8. The molecular weight excluding hydrogens is 382 g/mol. The van der Waals surface area contributed by atoms with E-state index in [-0.39, 0.29) is 5.82 Å². The van der Waals surface area contributed by atoms with Crippen LogP contribution in [0.25, 0.3) is 17.1 Å². The quantitative estimate of drug-likeness (QED) is 0.382. The third-order valence-corrected chi connectivity index (χ3v) is 4.55. The van der Waals surface area contributed by atoms with Gasteiger partial charge in [-0.3, -0.25) is 0 Å². The second kappa shape index (κ2) is 7.71. The number of carbonyl (C=O) groups is 1. The summed E-state index contributed by atoms with van der Waals surface area (Å²) in [5.74, 6) is 1.36. The normalized spacial score (nSPS) is 12.4. The Labute approximate surface area is 172 Å². The molecule has 3 aromatic carbocycles. The van der Waals surface area contributed by atoms with Crippen LogP contribution in [0.2, 0.25) is 0 Å². The summed E-state index contributed by atoms with van der Waals surface area (Å²) >= 11 is 0. The second-order valence-corrected chi connectivity index (χ2v) is 6.57. The number of hydrogen-bond acceptors (Lipinski definition) is 6. The van der Waals surface area contributed by atoms with Crippen molar-refractivity contribution in [3.8, 4) is 34.3 Å². The zero-order valence-electron chi connectivity index (χ0n) is 15.9. The van der Waals surface area contributed by atoms with Crippen LogP contribution in [0.4, 0.5) is 0 Å². The van der Waals surface area contributed by atoms with Crippen LogP contribution in [-0.4, -0.2) is 33.9 Å². The van der Waals surface area contributed by atoms with E-state index in [2.05, 4.69) is 10.1 Å². The van der Waals surface area contributed by atoms with E-state index in [9.17, 15) is 4.79 Å². The molecule has 0 amide bonds. The third-order valence-electron chi connectivity index (χ3n) is 4.55. The molecule has 0 spiro atoms. The molecule has 0 saturated carbocycles. The van der Waals surface area contributed by atoms with Crippen molar-refractivity contribution in [2.75, 3.05) is 13.2 Å². The lowest BCUT2D eigenvalue weighted by Crippen LogP contribution is -2.16. The molecule has 0 bridgehead atoms. The van der Waals surface area contributed by atoms with Gasteiger partial charge in [-0.15, -0.1) is 5.10 Å². The first-order valence-corrected chi connectivity index (χ1v) is 9.48. The first kappa shape index (κ1) is 17.9. The average molecular weight is 399 g/mol. The van der Waals surface area contributed by atoms with E-state index >= 15 is 0 Å². The summed E-state index contributed by atoms with van der Waals surface area (Å²) in [6.07, 6.45) is 0. The molecule has 0 N–H and O–H groups in total. The topological polar surface area (TPSA) is 75.5 Å². The van der Waals surface area contributed by atoms with Gasteiger partial charge >= 0.3 is 5.97 Å². The van der Waals surface area contributed by atoms with Gasteiger partial charge in [-0.05, 0) is 24.3 Å². The van der Waals surface area contributed by atoms with Gasteiger partial charge in [-0.1, -0.05) is 48.5 Å². The number of nitrogens with zero attached hydrogens (tertiary/aromatic N) is 3. The van der Waals surface area contributed by atoms with Crippen molar-refractivity contribution in [3.05, 3.63) is 84.7 Å². The molecule has 2 heterocycles. The van der Waals surface area contributed by atoms with E-state index in [1.807, 2.05) is 60.7 Å². The molecule has 0 aliphatic carbocycles. The number of carbonyl (C=O) groups excluding carboxylic acids is 1. The molecule has 1 aliphatic rings. The Bertz CT molecular complexity index is 1130. The maximum Gasteiger partial charge on any atom is 0.383 e. The largest absolute Gasteiger partial charge is 0.486 e. The molecule has 1 aromatic heterocycles. The highest BCUT2D eigenvalue weighted by molar-refractivity contribution is 5.88. The van der Waals surface area contributed by atoms with Gasteiger partial charge in [0.15, 0.2) is 17.3 Å². The van der Waals surface area contributed by atoms with Crippen LogP contribution in [0.15, 0.2) is 78.9 Å². The summed E-state index contributed by atoms with van der Waals surface area (Å²) in [5.41, 5.74) is 1.63. The van der Waals surface area contributed by atoms with Crippen molar-refractivity contribution >= 4 is 5.97 Å². The van der Waals surface area contributed by atoms with Gasteiger partial charge < -0.3 is 14.2 Å². The highest BCUT2D eigenvalue weighted by atomic mass is 16.6. The number of ether oxygens (including phenoxy) is 3. The van der Waals surface area contributed by atoms with E-state index in [0.29, 0.717) is 36.3 Å². The SMILES string of the molecule is O=C(Oc1ccc2c(c1)OCCO2)c1nc(-c2ccccc2)n(-c2ccccc2)n1.